The molecule has 2 aromatic rings. The number of nitrogens with zero attached hydrogens (tertiary/aromatic N) is 2. The molecule has 6 nitrogen and oxygen atoms in total. The number of benzene rings is 1. The third-order valence-corrected chi connectivity index (χ3v) is 3.28. The van der Waals surface area contributed by atoms with E-state index in [4.69, 9.17) is 4.74 Å². The number of nitrogens with one attached hydrogen (secondary N) is 1. The highest BCUT2D eigenvalue weighted by Gasteiger charge is 2.15. The van der Waals surface area contributed by atoms with Crippen molar-refractivity contribution in [3.8, 4) is 5.75 Å². The van der Waals surface area contributed by atoms with E-state index in [1.54, 1.807) is 10.9 Å². The van der Waals surface area contributed by atoms with E-state index in [1.807, 2.05) is 31.2 Å². The lowest BCUT2D eigenvalue weighted by molar-refractivity contribution is 0.0690. The fourth-order valence-electron chi connectivity index (χ4n) is 2.03. The van der Waals surface area contributed by atoms with E-state index < -0.39 is 5.97 Å². The van der Waals surface area contributed by atoms with E-state index >= 15 is 0 Å². The third kappa shape index (κ3) is 4.74. The zero-order valence-electron chi connectivity index (χ0n) is 13.7. The first-order valence-corrected chi connectivity index (χ1v) is 7.76. The summed E-state index contributed by atoms with van der Waals surface area (Å²) >= 11 is 0. The van der Waals surface area contributed by atoms with Crippen LogP contribution in [0.4, 0.5) is 5.69 Å². The van der Waals surface area contributed by atoms with Crippen molar-refractivity contribution in [2.45, 2.75) is 33.9 Å². The van der Waals surface area contributed by atoms with Gasteiger partial charge in [0.15, 0.2) is 5.69 Å². The Labute approximate surface area is 136 Å². The van der Waals surface area contributed by atoms with Crippen LogP contribution in [-0.2, 0) is 13.1 Å². The van der Waals surface area contributed by atoms with Gasteiger partial charge in [-0.15, -0.1) is 0 Å². The van der Waals surface area contributed by atoms with Crippen LogP contribution >= 0.6 is 0 Å². The Hall–Kier alpha value is -2.50. The molecule has 2 rings (SSSR count). The lowest BCUT2D eigenvalue weighted by atomic mass is 10.2. The molecule has 1 heterocycles. The molecule has 124 valence electrons. The Bertz CT molecular complexity index is 648. The fraction of sp³-hybridized carbons (Fsp3) is 0.412. The second-order valence-electron chi connectivity index (χ2n) is 5.75. The Balaban J connectivity index is 1.98. The Morgan fingerprint density at radius 3 is 2.61 bits per heavy atom. The van der Waals surface area contributed by atoms with E-state index in [-0.39, 0.29) is 5.69 Å². The molecule has 0 radical (unpaired) electrons. The van der Waals surface area contributed by atoms with Gasteiger partial charge >= 0.3 is 5.97 Å². The van der Waals surface area contributed by atoms with E-state index in [0.29, 0.717) is 31.3 Å². The van der Waals surface area contributed by atoms with Gasteiger partial charge in [-0.1, -0.05) is 26.0 Å². The first-order chi connectivity index (χ1) is 11.0. The lowest BCUT2D eigenvalue weighted by Crippen LogP contribution is -2.06. The zero-order chi connectivity index (χ0) is 16.8. The number of carbonyl (C=O) groups is 1. The summed E-state index contributed by atoms with van der Waals surface area (Å²) in [7, 11) is 0. The van der Waals surface area contributed by atoms with Gasteiger partial charge in [-0.2, -0.15) is 5.10 Å². The standard InChI is InChI=1S/C17H23N3O3/c1-4-20-10-15(16(19-20)17(21)22)18-9-13-5-7-14(8-6-13)23-11-12(2)3/h5-8,10,12,18H,4,9,11H2,1-3H3,(H,21,22). The molecule has 23 heavy (non-hydrogen) atoms. The third-order valence-electron chi connectivity index (χ3n) is 3.28. The molecule has 0 aliphatic rings. The van der Waals surface area contributed by atoms with Gasteiger partial charge in [0.2, 0.25) is 0 Å². The number of aromatic nitrogens is 2. The maximum Gasteiger partial charge on any atom is 0.358 e. The highest BCUT2D eigenvalue weighted by atomic mass is 16.5. The van der Waals surface area contributed by atoms with Gasteiger partial charge in [-0.3, -0.25) is 4.68 Å². The Morgan fingerprint density at radius 2 is 2.04 bits per heavy atom. The minimum atomic E-state index is -1.03. The van der Waals surface area contributed by atoms with Crippen molar-refractivity contribution in [1.29, 1.82) is 0 Å². The van der Waals surface area contributed by atoms with Crippen molar-refractivity contribution < 1.29 is 14.6 Å². The van der Waals surface area contributed by atoms with Gasteiger partial charge in [-0.25, -0.2) is 4.79 Å². The summed E-state index contributed by atoms with van der Waals surface area (Å²) < 4.78 is 7.25. The van der Waals surface area contributed by atoms with E-state index in [1.165, 1.54) is 0 Å². The Morgan fingerprint density at radius 1 is 1.35 bits per heavy atom. The molecule has 0 bridgehead atoms. The summed E-state index contributed by atoms with van der Waals surface area (Å²) in [6.07, 6.45) is 1.71. The first-order valence-electron chi connectivity index (χ1n) is 7.76. The molecule has 0 atom stereocenters. The van der Waals surface area contributed by atoms with Crippen LogP contribution in [0.1, 0.15) is 36.8 Å². The van der Waals surface area contributed by atoms with Crippen LogP contribution in [0.15, 0.2) is 30.5 Å². The predicted octanol–water partition coefficient (Wildman–Crippen LogP) is 3.25. The van der Waals surface area contributed by atoms with Crippen molar-refractivity contribution in [1.82, 2.24) is 9.78 Å². The second kappa shape index (κ2) is 7.67. The molecular formula is C17H23N3O3. The van der Waals surface area contributed by atoms with Crippen LogP contribution in [0.25, 0.3) is 0 Å². The smallest absolute Gasteiger partial charge is 0.358 e. The normalized spacial score (nSPS) is 10.8. The summed E-state index contributed by atoms with van der Waals surface area (Å²) in [5.74, 6) is 0.297. The van der Waals surface area contributed by atoms with Crippen LogP contribution in [0, 0.1) is 5.92 Å². The van der Waals surface area contributed by atoms with E-state index in [9.17, 15) is 9.90 Å². The summed E-state index contributed by atoms with van der Waals surface area (Å²) in [5.41, 5.74) is 1.62. The van der Waals surface area contributed by atoms with Crippen LogP contribution in [0.2, 0.25) is 0 Å². The van der Waals surface area contributed by atoms with E-state index in [0.717, 1.165) is 11.3 Å². The topological polar surface area (TPSA) is 76.4 Å². The average molecular weight is 317 g/mol. The fourth-order valence-corrected chi connectivity index (χ4v) is 2.03. The molecule has 0 aliphatic carbocycles. The molecule has 0 saturated heterocycles. The maximum atomic E-state index is 11.2. The monoisotopic (exact) mass is 317 g/mol. The van der Waals surface area contributed by atoms with Gasteiger partial charge in [-0.05, 0) is 30.5 Å². The summed E-state index contributed by atoms with van der Waals surface area (Å²) in [4.78, 5) is 11.2. The van der Waals surface area contributed by atoms with Crippen molar-refractivity contribution in [3.05, 3.63) is 41.7 Å². The van der Waals surface area contributed by atoms with Crippen LogP contribution in [-0.4, -0.2) is 27.5 Å². The van der Waals surface area contributed by atoms with Crippen LogP contribution in [0.3, 0.4) is 0 Å². The molecule has 2 N–H and O–H groups in total. The first kappa shape index (κ1) is 16.9. The van der Waals surface area contributed by atoms with Gasteiger partial charge in [0.05, 0.1) is 12.3 Å². The van der Waals surface area contributed by atoms with E-state index in [2.05, 4.69) is 24.3 Å². The van der Waals surface area contributed by atoms with Crippen molar-refractivity contribution in [2.24, 2.45) is 5.92 Å². The molecule has 1 aromatic carbocycles. The zero-order valence-corrected chi connectivity index (χ0v) is 13.7. The number of hydrogen-bond donors (Lipinski definition) is 2. The molecule has 0 saturated carbocycles. The number of rotatable bonds is 8. The van der Waals surface area contributed by atoms with Crippen molar-refractivity contribution in [3.63, 3.8) is 0 Å². The second-order valence-corrected chi connectivity index (χ2v) is 5.75. The van der Waals surface area contributed by atoms with Gasteiger partial charge in [0.25, 0.3) is 0 Å². The molecule has 0 aliphatic heterocycles. The highest BCUT2D eigenvalue weighted by Crippen LogP contribution is 2.17. The minimum Gasteiger partial charge on any atom is -0.493 e. The van der Waals surface area contributed by atoms with Gasteiger partial charge in [0.1, 0.15) is 5.75 Å². The number of hydrogen-bond acceptors (Lipinski definition) is 4. The molecule has 0 fully saturated rings. The number of carboxylic acid groups (broad SMARTS) is 1. The van der Waals surface area contributed by atoms with Crippen LogP contribution in [0.5, 0.6) is 5.75 Å². The quantitative estimate of drug-likeness (QED) is 0.781. The molecular weight excluding hydrogens is 294 g/mol. The summed E-state index contributed by atoms with van der Waals surface area (Å²) in [6, 6.07) is 7.78. The van der Waals surface area contributed by atoms with Crippen LogP contribution < -0.4 is 10.1 Å². The van der Waals surface area contributed by atoms with Crippen molar-refractivity contribution in [2.75, 3.05) is 11.9 Å². The number of anilines is 1. The molecule has 6 heteroatoms. The molecule has 1 aromatic heterocycles. The SMILES string of the molecule is CCn1cc(NCc2ccc(OCC(C)C)cc2)c(C(=O)O)n1. The molecule has 0 unspecified atom stereocenters. The number of aromatic carboxylic acids is 1. The largest absolute Gasteiger partial charge is 0.493 e. The number of aryl methyl sites for hydroxylation is 1. The Kier molecular flexibility index (Phi) is 5.62. The lowest BCUT2D eigenvalue weighted by Gasteiger charge is -2.10. The molecule has 0 spiro atoms. The molecule has 0 amide bonds. The van der Waals surface area contributed by atoms with Gasteiger partial charge in [0, 0.05) is 19.3 Å². The highest BCUT2D eigenvalue weighted by molar-refractivity contribution is 5.91. The summed E-state index contributed by atoms with van der Waals surface area (Å²) in [6.45, 7) is 7.97. The summed E-state index contributed by atoms with van der Waals surface area (Å²) in [5, 5.41) is 16.3. The minimum absolute atomic E-state index is 0.0451. The van der Waals surface area contributed by atoms with Crippen molar-refractivity contribution >= 4 is 11.7 Å². The number of carboxylic acids is 1. The predicted molar refractivity (Wildman–Crippen MR) is 89.0 cm³/mol. The average Bonchev–Trinajstić information content (AvgIpc) is 2.95. The maximum absolute atomic E-state index is 11.2. The van der Waals surface area contributed by atoms with Gasteiger partial charge < -0.3 is 15.2 Å². The number of ether oxygens (including phenoxy) is 1.